The second-order valence-corrected chi connectivity index (χ2v) is 6.43. The lowest BCUT2D eigenvalue weighted by Crippen LogP contribution is -2.18. The Bertz CT molecular complexity index is 453. The molecule has 0 bridgehead atoms. The van der Waals surface area contributed by atoms with Crippen molar-refractivity contribution in [1.82, 2.24) is 0 Å². The van der Waals surface area contributed by atoms with Gasteiger partial charge in [-0.25, -0.2) is 0 Å². The fourth-order valence-corrected chi connectivity index (χ4v) is 3.45. The van der Waals surface area contributed by atoms with Crippen LogP contribution in [0.5, 0.6) is 0 Å². The van der Waals surface area contributed by atoms with Crippen LogP contribution in [0.4, 0.5) is 13.2 Å². The number of alkyl halides is 3. The lowest BCUT2D eigenvalue weighted by Gasteiger charge is -2.25. The molecule has 1 aromatic rings. The Morgan fingerprint density at radius 3 is 2.45 bits per heavy atom. The predicted molar refractivity (Wildman–Crippen MR) is 77.3 cm³/mol. The van der Waals surface area contributed by atoms with E-state index in [0.29, 0.717) is 16.0 Å². The summed E-state index contributed by atoms with van der Waals surface area (Å²) in [6.07, 6.45) is 2.41. The Kier molecular flexibility index (Phi) is 5.13. The van der Waals surface area contributed by atoms with Crippen molar-refractivity contribution in [3.8, 4) is 0 Å². The van der Waals surface area contributed by atoms with Crippen LogP contribution < -0.4 is 5.73 Å². The number of benzene rings is 1. The molecule has 2 rings (SSSR count). The lowest BCUT2D eigenvalue weighted by molar-refractivity contribution is -0.137. The van der Waals surface area contributed by atoms with Crippen molar-refractivity contribution in [2.24, 2.45) is 11.7 Å². The van der Waals surface area contributed by atoms with Crippen LogP contribution in [0.25, 0.3) is 0 Å². The number of nitrogens with two attached hydrogens (primary N) is 1. The topological polar surface area (TPSA) is 26.0 Å². The quantitative estimate of drug-likeness (QED) is 0.772. The van der Waals surface area contributed by atoms with E-state index in [9.17, 15) is 13.2 Å². The zero-order chi connectivity index (χ0) is 14.8. The van der Waals surface area contributed by atoms with Gasteiger partial charge in [0.05, 0.1) is 5.56 Å². The molecule has 1 fully saturated rings. The van der Waals surface area contributed by atoms with E-state index in [0.717, 1.165) is 25.3 Å². The van der Waals surface area contributed by atoms with E-state index in [1.54, 1.807) is 0 Å². The Morgan fingerprint density at radius 2 is 1.85 bits per heavy atom. The first kappa shape index (κ1) is 15.8. The van der Waals surface area contributed by atoms with Crippen molar-refractivity contribution in [3.63, 3.8) is 0 Å². The third-order valence-electron chi connectivity index (χ3n) is 4.03. The molecule has 0 saturated heterocycles. The van der Waals surface area contributed by atoms with Crippen LogP contribution in [-0.4, -0.2) is 0 Å². The molecular formula is C15H19BrF3N. The molecule has 20 heavy (non-hydrogen) atoms. The summed E-state index contributed by atoms with van der Waals surface area (Å²) in [6, 6.07) is 3.37. The first-order chi connectivity index (χ1) is 9.38. The summed E-state index contributed by atoms with van der Waals surface area (Å²) in [6.45, 7) is 0. The van der Waals surface area contributed by atoms with E-state index >= 15 is 0 Å². The van der Waals surface area contributed by atoms with E-state index in [1.807, 2.05) is 0 Å². The molecular weight excluding hydrogens is 331 g/mol. The second-order valence-electron chi connectivity index (χ2n) is 5.58. The third kappa shape index (κ3) is 3.98. The molecule has 112 valence electrons. The maximum Gasteiger partial charge on any atom is 0.416 e. The van der Waals surface area contributed by atoms with Crippen molar-refractivity contribution >= 4 is 15.9 Å². The predicted octanol–water partition coefficient (Wildman–Crippen LogP) is 5.44. The van der Waals surface area contributed by atoms with Gasteiger partial charge in [-0.05, 0) is 36.1 Å². The molecule has 2 N–H and O–H groups in total. The maximum atomic E-state index is 12.8. The normalized spacial score (nSPS) is 19.1. The van der Waals surface area contributed by atoms with Gasteiger partial charge in [0.15, 0.2) is 0 Å². The summed E-state index contributed by atoms with van der Waals surface area (Å²) in [4.78, 5) is 0. The van der Waals surface area contributed by atoms with Crippen molar-refractivity contribution in [2.45, 2.75) is 50.7 Å². The van der Waals surface area contributed by atoms with Crippen LogP contribution >= 0.6 is 15.9 Å². The van der Waals surface area contributed by atoms with Gasteiger partial charge in [-0.1, -0.05) is 48.0 Å². The van der Waals surface area contributed by atoms with E-state index in [2.05, 4.69) is 15.9 Å². The Morgan fingerprint density at radius 1 is 1.20 bits per heavy atom. The molecule has 0 aliphatic heterocycles. The van der Waals surface area contributed by atoms with Crippen molar-refractivity contribution in [2.75, 3.05) is 0 Å². The van der Waals surface area contributed by atoms with Crippen molar-refractivity contribution in [3.05, 3.63) is 33.8 Å². The molecule has 0 aromatic heterocycles. The number of hydrogen-bond acceptors (Lipinski definition) is 1. The zero-order valence-electron chi connectivity index (χ0n) is 11.2. The zero-order valence-corrected chi connectivity index (χ0v) is 12.8. The highest BCUT2D eigenvalue weighted by Crippen LogP contribution is 2.36. The summed E-state index contributed by atoms with van der Waals surface area (Å²) >= 11 is 3.32. The van der Waals surface area contributed by atoms with E-state index in [4.69, 9.17) is 5.73 Å². The number of rotatable bonds is 3. The van der Waals surface area contributed by atoms with Crippen LogP contribution in [0.1, 0.15) is 55.7 Å². The lowest BCUT2D eigenvalue weighted by atomic mass is 9.83. The number of halogens is 4. The van der Waals surface area contributed by atoms with Gasteiger partial charge in [-0.15, -0.1) is 0 Å². The highest BCUT2D eigenvalue weighted by molar-refractivity contribution is 9.10. The minimum absolute atomic E-state index is 0.338. The molecule has 1 saturated carbocycles. The fraction of sp³-hybridized carbons (Fsp3) is 0.600. The minimum Gasteiger partial charge on any atom is -0.324 e. The summed E-state index contributed by atoms with van der Waals surface area (Å²) < 4.78 is 39.0. The van der Waals surface area contributed by atoms with Crippen LogP contribution in [0.3, 0.4) is 0 Å². The van der Waals surface area contributed by atoms with Gasteiger partial charge in [-0.3, -0.25) is 0 Å². The SMILES string of the molecule is NC(CC1CCCCC1)c1cc(C(F)(F)F)ccc1Br. The second kappa shape index (κ2) is 6.48. The molecule has 1 unspecified atom stereocenters. The molecule has 0 radical (unpaired) electrons. The highest BCUT2D eigenvalue weighted by Gasteiger charge is 2.31. The average Bonchev–Trinajstić information content (AvgIpc) is 2.39. The summed E-state index contributed by atoms with van der Waals surface area (Å²) in [5.74, 6) is 0.542. The molecule has 1 aliphatic rings. The number of hydrogen-bond donors (Lipinski definition) is 1. The maximum absolute atomic E-state index is 12.8. The van der Waals surface area contributed by atoms with Crippen LogP contribution in [0.15, 0.2) is 22.7 Å². The first-order valence-electron chi connectivity index (χ1n) is 7.00. The van der Waals surface area contributed by atoms with Gasteiger partial charge in [0, 0.05) is 10.5 Å². The molecule has 0 amide bonds. The molecule has 1 nitrogen and oxygen atoms in total. The van der Waals surface area contributed by atoms with E-state index in [-0.39, 0.29) is 6.04 Å². The molecule has 1 aromatic carbocycles. The summed E-state index contributed by atoms with van der Waals surface area (Å²) in [5.41, 5.74) is 6.07. The smallest absolute Gasteiger partial charge is 0.324 e. The largest absolute Gasteiger partial charge is 0.416 e. The van der Waals surface area contributed by atoms with Crippen LogP contribution in [0, 0.1) is 5.92 Å². The molecule has 0 heterocycles. The van der Waals surface area contributed by atoms with Gasteiger partial charge in [0.25, 0.3) is 0 Å². The van der Waals surface area contributed by atoms with Crippen molar-refractivity contribution < 1.29 is 13.2 Å². The molecule has 1 aliphatic carbocycles. The van der Waals surface area contributed by atoms with Gasteiger partial charge in [0.1, 0.15) is 0 Å². The van der Waals surface area contributed by atoms with Gasteiger partial charge < -0.3 is 5.73 Å². The van der Waals surface area contributed by atoms with Crippen molar-refractivity contribution in [1.29, 1.82) is 0 Å². The Hall–Kier alpha value is -0.550. The van der Waals surface area contributed by atoms with Crippen LogP contribution in [-0.2, 0) is 6.18 Å². The molecule has 1 atom stereocenters. The van der Waals surface area contributed by atoms with Crippen LogP contribution in [0.2, 0.25) is 0 Å². The average molecular weight is 350 g/mol. The first-order valence-corrected chi connectivity index (χ1v) is 7.79. The standard InChI is InChI=1S/C15H19BrF3N/c16-13-7-6-11(15(17,18)19)9-12(13)14(20)8-10-4-2-1-3-5-10/h6-7,9-10,14H,1-5,8,20H2. The van der Waals surface area contributed by atoms with E-state index < -0.39 is 11.7 Å². The summed E-state index contributed by atoms with van der Waals surface area (Å²) in [7, 11) is 0. The van der Waals surface area contributed by atoms with Gasteiger partial charge in [0.2, 0.25) is 0 Å². The third-order valence-corrected chi connectivity index (χ3v) is 4.76. The summed E-state index contributed by atoms with van der Waals surface area (Å²) in [5, 5.41) is 0. The van der Waals surface area contributed by atoms with Gasteiger partial charge >= 0.3 is 6.18 Å². The Labute approximate surface area is 125 Å². The monoisotopic (exact) mass is 349 g/mol. The van der Waals surface area contributed by atoms with E-state index in [1.165, 1.54) is 31.4 Å². The Balaban J connectivity index is 2.13. The highest BCUT2D eigenvalue weighted by atomic mass is 79.9. The van der Waals surface area contributed by atoms with Gasteiger partial charge in [-0.2, -0.15) is 13.2 Å². The molecule has 0 spiro atoms. The molecule has 5 heteroatoms. The fourth-order valence-electron chi connectivity index (χ4n) is 2.91. The minimum atomic E-state index is -4.32.